The average molecular weight is 329 g/mol. The first-order chi connectivity index (χ1) is 11.5. The largest absolute Gasteiger partial charge is 0.352 e. The van der Waals surface area contributed by atoms with Gasteiger partial charge in [-0.3, -0.25) is 14.6 Å². The van der Waals surface area contributed by atoms with E-state index in [9.17, 15) is 14.0 Å². The lowest BCUT2D eigenvalue weighted by atomic mass is 10.2. The Morgan fingerprint density at radius 1 is 1.17 bits per heavy atom. The van der Waals surface area contributed by atoms with Gasteiger partial charge in [0.15, 0.2) is 0 Å². The molecule has 0 spiro atoms. The minimum atomic E-state index is -0.308. The number of carbonyl (C=O) groups excluding carboxylic acids is 2. The monoisotopic (exact) mass is 329 g/mol. The van der Waals surface area contributed by atoms with E-state index in [-0.39, 0.29) is 24.1 Å². The summed E-state index contributed by atoms with van der Waals surface area (Å²) in [6, 6.07) is 9.65. The van der Waals surface area contributed by atoms with Gasteiger partial charge in [0.25, 0.3) is 0 Å². The zero-order valence-corrected chi connectivity index (χ0v) is 13.5. The quantitative estimate of drug-likeness (QED) is 0.848. The fourth-order valence-electron chi connectivity index (χ4n) is 2.19. The number of hydrogen-bond donors (Lipinski definition) is 1. The van der Waals surface area contributed by atoms with Gasteiger partial charge in [-0.1, -0.05) is 18.2 Å². The molecule has 1 N–H and O–H groups in total. The first-order valence-electron chi connectivity index (χ1n) is 7.70. The van der Waals surface area contributed by atoms with Crippen molar-refractivity contribution in [1.29, 1.82) is 0 Å². The molecule has 0 fully saturated rings. The van der Waals surface area contributed by atoms with Gasteiger partial charge >= 0.3 is 0 Å². The minimum absolute atomic E-state index is 0.0924. The smallest absolute Gasteiger partial charge is 0.222 e. The summed E-state index contributed by atoms with van der Waals surface area (Å²) in [7, 11) is 0. The van der Waals surface area contributed by atoms with Crippen molar-refractivity contribution in [2.75, 3.05) is 6.54 Å². The van der Waals surface area contributed by atoms with E-state index in [0.717, 1.165) is 11.1 Å². The normalized spacial score (nSPS) is 10.2. The van der Waals surface area contributed by atoms with E-state index in [1.807, 2.05) is 12.1 Å². The van der Waals surface area contributed by atoms with Crippen LogP contribution in [0.4, 0.5) is 4.39 Å². The lowest BCUT2D eigenvalue weighted by Gasteiger charge is -2.20. The lowest BCUT2D eigenvalue weighted by molar-refractivity contribution is -0.130. The first-order valence-corrected chi connectivity index (χ1v) is 7.70. The van der Waals surface area contributed by atoms with E-state index in [0.29, 0.717) is 19.6 Å². The second-order valence-electron chi connectivity index (χ2n) is 5.46. The van der Waals surface area contributed by atoms with E-state index in [2.05, 4.69) is 10.3 Å². The highest BCUT2D eigenvalue weighted by atomic mass is 19.1. The summed E-state index contributed by atoms with van der Waals surface area (Å²) in [4.78, 5) is 29.3. The third kappa shape index (κ3) is 5.79. The summed E-state index contributed by atoms with van der Waals surface area (Å²) < 4.78 is 12.8. The van der Waals surface area contributed by atoms with Crippen LogP contribution in [-0.4, -0.2) is 28.2 Å². The molecule has 5 nitrogen and oxygen atoms in total. The molecule has 0 saturated carbocycles. The molecule has 1 heterocycles. The Morgan fingerprint density at radius 3 is 2.54 bits per heavy atom. The van der Waals surface area contributed by atoms with E-state index in [1.165, 1.54) is 19.1 Å². The third-order valence-corrected chi connectivity index (χ3v) is 3.55. The average Bonchev–Trinajstić information content (AvgIpc) is 2.58. The van der Waals surface area contributed by atoms with Gasteiger partial charge in [0, 0.05) is 45.4 Å². The Hall–Kier alpha value is -2.76. The molecule has 2 aromatic rings. The van der Waals surface area contributed by atoms with Crippen LogP contribution >= 0.6 is 0 Å². The molecule has 126 valence electrons. The van der Waals surface area contributed by atoms with Crippen LogP contribution in [0.25, 0.3) is 0 Å². The number of carbonyl (C=O) groups is 2. The van der Waals surface area contributed by atoms with Crippen LogP contribution in [0.15, 0.2) is 48.8 Å². The Morgan fingerprint density at radius 2 is 1.92 bits per heavy atom. The van der Waals surface area contributed by atoms with Crippen LogP contribution in [0.2, 0.25) is 0 Å². The van der Waals surface area contributed by atoms with Crippen molar-refractivity contribution in [2.45, 2.75) is 26.4 Å². The molecule has 2 rings (SSSR count). The number of halogens is 1. The number of nitrogens with zero attached hydrogens (tertiary/aromatic N) is 2. The second kappa shape index (κ2) is 8.76. The maximum Gasteiger partial charge on any atom is 0.222 e. The Labute approximate surface area is 140 Å². The van der Waals surface area contributed by atoms with Crippen LogP contribution in [0.5, 0.6) is 0 Å². The Kier molecular flexibility index (Phi) is 6.42. The van der Waals surface area contributed by atoms with E-state index in [4.69, 9.17) is 0 Å². The highest BCUT2D eigenvalue weighted by Crippen LogP contribution is 2.05. The number of hydrogen-bond acceptors (Lipinski definition) is 3. The zero-order valence-electron chi connectivity index (χ0n) is 13.5. The Bertz CT molecular complexity index is 674. The summed E-state index contributed by atoms with van der Waals surface area (Å²) in [5, 5.41) is 2.76. The number of aromatic nitrogens is 1. The van der Waals surface area contributed by atoms with Gasteiger partial charge < -0.3 is 10.2 Å². The topological polar surface area (TPSA) is 62.3 Å². The minimum Gasteiger partial charge on any atom is -0.352 e. The summed E-state index contributed by atoms with van der Waals surface area (Å²) in [6.45, 7) is 2.57. The fraction of sp³-hybridized carbons (Fsp3) is 0.278. The van der Waals surface area contributed by atoms with E-state index in [1.54, 1.807) is 29.4 Å². The van der Waals surface area contributed by atoms with Crippen molar-refractivity contribution < 1.29 is 14.0 Å². The molecule has 0 saturated heterocycles. The zero-order chi connectivity index (χ0) is 17.4. The van der Waals surface area contributed by atoms with Gasteiger partial charge in [-0.2, -0.15) is 0 Å². The molecule has 0 radical (unpaired) electrons. The van der Waals surface area contributed by atoms with Gasteiger partial charge in [-0.15, -0.1) is 0 Å². The van der Waals surface area contributed by atoms with Crippen LogP contribution in [0.1, 0.15) is 24.5 Å². The molecule has 24 heavy (non-hydrogen) atoms. The highest BCUT2D eigenvalue weighted by Gasteiger charge is 2.12. The lowest BCUT2D eigenvalue weighted by Crippen LogP contribution is -2.33. The summed E-state index contributed by atoms with van der Waals surface area (Å²) in [6.07, 6.45) is 3.58. The van der Waals surface area contributed by atoms with Gasteiger partial charge in [0.1, 0.15) is 5.82 Å². The van der Waals surface area contributed by atoms with Crippen LogP contribution in [0.3, 0.4) is 0 Å². The first kappa shape index (κ1) is 17.6. The van der Waals surface area contributed by atoms with Gasteiger partial charge in [-0.05, 0) is 29.3 Å². The predicted octanol–water partition coefficient (Wildman–Crippen LogP) is 2.28. The fourth-order valence-corrected chi connectivity index (χ4v) is 2.19. The third-order valence-electron chi connectivity index (χ3n) is 3.55. The van der Waals surface area contributed by atoms with Gasteiger partial charge in [0.2, 0.25) is 11.8 Å². The van der Waals surface area contributed by atoms with E-state index >= 15 is 0 Å². The molecule has 0 aliphatic carbocycles. The summed E-state index contributed by atoms with van der Waals surface area (Å²) in [5.41, 5.74) is 1.74. The predicted molar refractivity (Wildman–Crippen MR) is 88.2 cm³/mol. The number of nitrogens with one attached hydrogen (secondary N) is 1. The number of rotatable bonds is 7. The molecule has 1 aromatic heterocycles. The van der Waals surface area contributed by atoms with Crippen molar-refractivity contribution in [3.05, 3.63) is 65.7 Å². The number of pyridine rings is 1. The van der Waals surface area contributed by atoms with E-state index < -0.39 is 0 Å². The molecule has 0 atom stereocenters. The summed E-state index contributed by atoms with van der Waals surface area (Å²) >= 11 is 0. The van der Waals surface area contributed by atoms with Gasteiger partial charge in [0.05, 0.1) is 0 Å². The van der Waals surface area contributed by atoms with Gasteiger partial charge in [-0.25, -0.2) is 4.39 Å². The van der Waals surface area contributed by atoms with Crippen molar-refractivity contribution >= 4 is 11.8 Å². The van der Waals surface area contributed by atoms with Crippen LogP contribution < -0.4 is 5.32 Å². The second-order valence-corrected chi connectivity index (χ2v) is 5.46. The molecule has 0 aliphatic rings. The molecular formula is C18H20FN3O2. The number of amides is 2. The van der Waals surface area contributed by atoms with Crippen molar-refractivity contribution in [3.63, 3.8) is 0 Å². The van der Waals surface area contributed by atoms with Crippen molar-refractivity contribution in [3.8, 4) is 0 Å². The molecule has 2 amide bonds. The van der Waals surface area contributed by atoms with Crippen LogP contribution in [0, 0.1) is 5.82 Å². The maximum absolute atomic E-state index is 12.8. The van der Waals surface area contributed by atoms with Crippen LogP contribution in [-0.2, 0) is 22.7 Å². The molecular weight excluding hydrogens is 309 g/mol. The molecule has 6 heteroatoms. The maximum atomic E-state index is 12.8. The summed E-state index contributed by atoms with van der Waals surface area (Å²) in [5.74, 6) is -0.556. The molecule has 0 aliphatic heterocycles. The molecule has 0 bridgehead atoms. The molecule has 1 aromatic carbocycles. The SMILES string of the molecule is CC(=O)N(CCC(=O)NCc1ccc(F)cc1)Cc1cccnc1. The van der Waals surface area contributed by atoms with Crippen molar-refractivity contribution in [1.82, 2.24) is 15.2 Å². The highest BCUT2D eigenvalue weighted by molar-refractivity contribution is 5.78. The number of benzene rings is 1. The molecule has 0 unspecified atom stereocenters. The van der Waals surface area contributed by atoms with Crippen molar-refractivity contribution in [2.24, 2.45) is 0 Å². The standard InChI is InChI=1S/C18H20FN3O2/c1-14(23)22(13-16-3-2-9-20-11-16)10-8-18(24)21-12-15-4-6-17(19)7-5-15/h2-7,9,11H,8,10,12-13H2,1H3,(H,21,24). The Balaban J connectivity index is 1.79.